The van der Waals surface area contributed by atoms with E-state index in [-0.39, 0.29) is 23.4 Å². The van der Waals surface area contributed by atoms with E-state index >= 15 is 0 Å². The highest BCUT2D eigenvalue weighted by molar-refractivity contribution is 7.91. The van der Waals surface area contributed by atoms with Crippen LogP contribution in [-0.2, 0) is 9.84 Å². The summed E-state index contributed by atoms with van der Waals surface area (Å²) in [6, 6.07) is 3.37. The fraction of sp³-hybridized carbons (Fsp3) is 0.500. The zero-order valence-corrected chi connectivity index (χ0v) is 11.9. The van der Waals surface area contributed by atoms with Gasteiger partial charge in [-0.2, -0.15) is 0 Å². The normalized spacial score (nSPS) is 22.2. The lowest BCUT2D eigenvalue weighted by Gasteiger charge is -2.34. The predicted molar refractivity (Wildman–Crippen MR) is 75.5 cm³/mol. The molecule has 1 unspecified atom stereocenters. The van der Waals surface area contributed by atoms with Crippen LogP contribution in [0, 0.1) is 12.3 Å². The third-order valence-electron chi connectivity index (χ3n) is 3.22. The highest BCUT2D eigenvalue weighted by atomic mass is 32.2. The first-order valence-electron chi connectivity index (χ1n) is 6.08. The van der Waals surface area contributed by atoms with Gasteiger partial charge in [-0.15, -0.1) is 0 Å². The van der Waals surface area contributed by atoms with Crippen molar-refractivity contribution in [3.63, 3.8) is 0 Å². The van der Waals surface area contributed by atoms with Crippen LogP contribution in [0.4, 0.5) is 5.82 Å². The van der Waals surface area contributed by atoms with E-state index in [9.17, 15) is 8.42 Å². The van der Waals surface area contributed by atoms with Crippen molar-refractivity contribution in [3.05, 3.63) is 23.4 Å². The Labute approximate surface area is 113 Å². The minimum Gasteiger partial charge on any atom is -0.384 e. The van der Waals surface area contributed by atoms with Crippen LogP contribution >= 0.6 is 0 Å². The van der Waals surface area contributed by atoms with Crippen molar-refractivity contribution in [1.29, 1.82) is 5.41 Å². The summed E-state index contributed by atoms with van der Waals surface area (Å²) in [4.78, 5) is 6.38. The number of nitrogen functional groups attached to an aromatic ring is 1. The molecule has 104 valence electrons. The lowest BCUT2D eigenvalue weighted by Crippen LogP contribution is -2.47. The average Bonchev–Trinajstić information content (AvgIpc) is 2.26. The van der Waals surface area contributed by atoms with E-state index in [4.69, 9.17) is 11.1 Å². The standard InChI is InChI=1S/C12H18N4O2S/c1-8-5-10(12(13)14)6-11(15-8)16-3-4-19(17,18)7-9(16)2/h5-6,9H,3-4,7H2,1-2H3,(H3,13,14). The SMILES string of the molecule is Cc1cc(C(=N)N)cc(N2CCS(=O)(=O)CC2C)n1. The van der Waals surface area contributed by atoms with Crippen LogP contribution in [-0.4, -0.2) is 43.3 Å². The number of aryl methyl sites for hydroxylation is 1. The Kier molecular flexibility index (Phi) is 3.49. The van der Waals surface area contributed by atoms with Crippen molar-refractivity contribution in [1.82, 2.24) is 4.98 Å². The Bertz CT molecular complexity index is 612. The van der Waals surface area contributed by atoms with Gasteiger partial charge in [0.25, 0.3) is 0 Å². The van der Waals surface area contributed by atoms with E-state index in [0.717, 1.165) is 5.69 Å². The number of amidine groups is 1. The highest BCUT2D eigenvalue weighted by Gasteiger charge is 2.29. The smallest absolute Gasteiger partial charge is 0.154 e. The van der Waals surface area contributed by atoms with E-state index < -0.39 is 9.84 Å². The van der Waals surface area contributed by atoms with Gasteiger partial charge in [0.2, 0.25) is 0 Å². The molecule has 1 aromatic rings. The van der Waals surface area contributed by atoms with E-state index in [1.165, 1.54) is 0 Å². The number of hydrogen-bond donors (Lipinski definition) is 2. The Morgan fingerprint density at radius 1 is 1.53 bits per heavy atom. The van der Waals surface area contributed by atoms with E-state index in [1.54, 1.807) is 12.1 Å². The van der Waals surface area contributed by atoms with Crippen molar-refractivity contribution in [2.24, 2.45) is 5.73 Å². The van der Waals surface area contributed by atoms with Crippen LogP contribution < -0.4 is 10.6 Å². The molecule has 3 N–H and O–H groups in total. The summed E-state index contributed by atoms with van der Waals surface area (Å²) in [6.07, 6.45) is 0. The number of hydrogen-bond acceptors (Lipinski definition) is 5. The number of sulfone groups is 1. The largest absolute Gasteiger partial charge is 0.384 e. The molecular weight excluding hydrogens is 264 g/mol. The molecule has 0 radical (unpaired) electrons. The molecule has 0 bridgehead atoms. The molecule has 6 nitrogen and oxygen atoms in total. The monoisotopic (exact) mass is 282 g/mol. The van der Waals surface area contributed by atoms with E-state index in [1.807, 2.05) is 18.7 Å². The Balaban J connectivity index is 2.34. The average molecular weight is 282 g/mol. The first kappa shape index (κ1) is 13.8. The molecule has 0 aromatic carbocycles. The topological polar surface area (TPSA) is 100 Å². The molecule has 7 heteroatoms. The number of nitrogens with two attached hydrogens (primary N) is 1. The third kappa shape index (κ3) is 3.04. The van der Waals surface area contributed by atoms with Gasteiger partial charge in [0.15, 0.2) is 9.84 Å². The minimum absolute atomic E-state index is 0.0102. The number of rotatable bonds is 2. The number of nitrogens with one attached hydrogen (secondary N) is 1. The van der Waals surface area contributed by atoms with Gasteiger partial charge in [0, 0.05) is 23.8 Å². The van der Waals surface area contributed by atoms with Gasteiger partial charge >= 0.3 is 0 Å². The van der Waals surface area contributed by atoms with Gasteiger partial charge in [-0.1, -0.05) is 0 Å². The Hall–Kier alpha value is -1.63. The molecule has 1 aliphatic heterocycles. The van der Waals surface area contributed by atoms with Gasteiger partial charge < -0.3 is 10.6 Å². The molecule has 0 amide bonds. The maximum absolute atomic E-state index is 11.6. The number of aromatic nitrogens is 1. The number of anilines is 1. The fourth-order valence-electron chi connectivity index (χ4n) is 2.29. The van der Waals surface area contributed by atoms with Crippen molar-refractivity contribution in [2.45, 2.75) is 19.9 Å². The first-order chi connectivity index (χ1) is 8.78. The van der Waals surface area contributed by atoms with Crippen LogP contribution in [0.5, 0.6) is 0 Å². The number of pyridine rings is 1. The van der Waals surface area contributed by atoms with Gasteiger partial charge in [-0.3, -0.25) is 5.41 Å². The van der Waals surface area contributed by atoms with Crippen LogP contribution in [0.2, 0.25) is 0 Å². The quantitative estimate of drug-likeness (QED) is 0.600. The minimum atomic E-state index is -2.95. The molecule has 1 fully saturated rings. The summed E-state index contributed by atoms with van der Waals surface area (Å²) in [7, 11) is -2.95. The van der Waals surface area contributed by atoms with Crippen LogP contribution in [0.1, 0.15) is 18.2 Å². The molecule has 0 spiro atoms. The molecule has 2 rings (SSSR count). The Morgan fingerprint density at radius 2 is 2.21 bits per heavy atom. The van der Waals surface area contributed by atoms with Crippen molar-refractivity contribution in [2.75, 3.05) is 23.0 Å². The fourth-order valence-corrected chi connectivity index (χ4v) is 3.85. The van der Waals surface area contributed by atoms with Crippen molar-refractivity contribution >= 4 is 21.5 Å². The number of nitrogens with zero attached hydrogens (tertiary/aromatic N) is 2. The van der Waals surface area contributed by atoms with Gasteiger partial charge in [0.1, 0.15) is 11.7 Å². The summed E-state index contributed by atoms with van der Waals surface area (Å²) in [5, 5.41) is 7.49. The van der Waals surface area contributed by atoms with Crippen LogP contribution in [0.25, 0.3) is 0 Å². The second-order valence-electron chi connectivity index (χ2n) is 4.93. The second kappa shape index (κ2) is 4.80. The molecule has 0 saturated carbocycles. The molecule has 1 atom stereocenters. The summed E-state index contributed by atoms with van der Waals surface area (Å²) < 4.78 is 23.2. The summed E-state index contributed by atoms with van der Waals surface area (Å²) in [5.74, 6) is 0.956. The van der Waals surface area contributed by atoms with Crippen LogP contribution in [0.15, 0.2) is 12.1 Å². The summed E-state index contributed by atoms with van der Waals surface area (Å²) in [6.45, 7) is 4.13. The Morgan fingerprint density at radius 3 is 2.79 bits per heavy atom. The highest BCUT2D eigenvalue weighted by Crippen LogP contribution is 2.21. The predicted octanol–water partition coefficient (Wildman–Crippen LogP) is 0.297. The second-order valence-corrected chi connectivity index (χ2v) is 7.15. The lowest BCUT2D eigenvalue weighted by atomic mass is 10.2. The van der Waals surface area contributed by atoms with Crippen molar-refractivity contribution < 1.29 is 8.42 Å². The molecule has 1 aliphatic rings. The zero-order valence-electron chi connectivity index (χ0n) is 11.0. The molecule has 1 saturated heterocycles. The summed E-state index contributed by atoms with van der Waals surface area (Å²) >= 11 is 0. The maximum atomic E-state index is 11.6. The molecule has 2 heterocycles. The lowest BCUT2D eigenvalue weighted by molar-refractivity contribution is 0.566. The van der Waals surface area contributed by atoms with E-state index in [2.05, 4.69) is 4.98 Å². The van der Waals surface area contributed by atoms with Gasteiger partial charge in [-0.25, -0.2) is 13.4 Å². The van der Waals surface area contributed by atoms with Crippen molar-refractivity contribution in [3.8, 4) is 0 Å². The maximum Gasteiger partial charge on any atom is 0.154 e. The molecule has 19 heavy (non-hydrogen) atoms. The van der Waals surface area contributed by atoms with Gasteiger partial charge in [0.05, 0.1) is 11.5 Å². The summed E-state index contributed by atoms with van der Waals surface area (Å²) in [5.41, 5.74) is 6.88. The molecule has 1 aromatic heterocycles. The molecule has 0 aliphatic carbocycles. The molecular formula is C12H18N4O2S. The van der Waals surface area contributed by atoms with Gasteiger partial charge in [-0.05, 0) is 26.0 Å². The van der Waals surface area contributed by atoms with Crippen LogP contribution in [0.3, 0.4) is 0 Å². The van der Waals surface area contributed by atoms with E-state index in [0.29, 0.717) is 17.9 Å². The zero-order chi connectivity index (χ0) is 14.2. The first-order valence-corrected chi connectivity index (χ1v) is 7.91. The third-order valence-corrected chi connectivity index (χ3v) is 5.01.